The van der Waals surface area contributed by atoms with Gasteiger partial charge in [-0.2, -0.15) is 0 Å². The quantitative estimate of drug-likeness (QED) is 0.293. The summed E-state index contributed by atoms with van der Waals surface area (Å²) in [4.78, 5) is 11.7. The molecule has 0 aliphatic heterocycles. The summed E-state index contributed by atoms with van der Waals surface area (Å²) >= 11 is 0. The maximum Gasteiger partial charge on any atom is 0.337 e. The monoisotopic (exact) mass is 384 g/mol. The molecule has 5 nitrogen and oxygen atoms in total. The Balaban J connectivity index is 2.16. The molecule has 0 spiro atoms. The Morgan fingerprint density at radius 2 is 1.71 bits per heavy atom. The lowest BCUT2D eigenvalue weighted by molar-refractivity contribution is 0.0600. The van der Waals surface area contributed by atoms with Crippen molar-refractivity contribution in [3.8, 4) is 11.5 Å². The van der Waals surface area contributed by atoms with Crippen LogP contribution in [0.2, 0.25) is 0 Å². The maximum atomic E-state index is 11.7. The van der Waals surface area contributed by atoms with E-state index < -0.39 is 5.97 Å². The zero-order valence-electron chi connectivity index (χ0n) is 16.8. The van der Waals surface area contributed by atoms with E-state index in [1.54, 1.807) is 24.5 Å². The van der Waals surface area contributed by atoms with Gasteiger partial charge in [-0.3, -0.25) is 0 Å². The molecule has 2 aromatic rings. The van der Waals surface area contributed by atoms with Crippen LogP contribution < -0.4 is 9.47 Å². The summed E-state index contributed by atoms with van der Waals surface area (Å²) in [6.07, 6.45) is 6.10. The number of hydrogen-bond acceptors (Lipinski definition) is 5. The van der Waals surface area contributed by atoms with Crippen molar-refractivity contribution in [2.24, 2.45) is 0 Å². The third-order valence-corrected chi connectivity index (χ3v) is 4.19. The first kappa shape index (κ1) is 21.4. The zero-order chi connectivity index (χ0) is 20.2. The van der Waals surface area contributed by atoms with Gasteiger partial charge in [0.25, 0.3) is 0 Å². The summed E-state index contributed by atoms with van der Waals surface area (Å²) in [5.74, 6) is 1.14. The molecule has 0 bridgehead atoms. The van der Waals surface area contributed by atoms with Crippen molar-refractivity contribution >= 4 is 11.7 Å². The summed E-state index contributed by atoms with van der Waals surface area (Å²) in [5.41, 5.74) is 1.33. The minimum absolute atomic E-state index is 0.395. The molecule has 0 aromatic heterocycles. The number of rotatable bonds is 11. The maximum absolute atomic E-state index is 11.7. The van der Waals surface area contributed by atoms with Crippen molar-refractivity contribution in [1.82, 2.24) is 0 Å². The lowest BCUT2D eigenvalue weighted by Crippen LogP contribution is -2.02. The highest BCUT2D eigenvalue weighted by Gasteiger charge is 2.12. The Labute approximate surface area is 166 Å². The summed E-state index contributed by atoms with van der Waals surface area (Å²) in [6.45, 7) is 2.81. The van der Waals surface area contributed by atoms with Gasteiger partial charge >= 0.3 is 5.97 Å². The van der Waals surface area contributed by atoms with Gasteiger partial charge < -0.3 is 18.9 Å². The van der Waals surface area contributed by atoms with E-state index in [2.05, 4.69) is 6.92 Å². The summed E-state index contributed by atoms with van der Waals surface area (Å²) in [6, 6.07) is 14.7. The zero-order valence-corrected chi connectivity index (χ0v) is 16.8. The van der Waals surface area contributed by atoms with Gasteiger partial charge in [-0.05, 0) is 24.6 Å². The van der Waals surface area contributed by atoms with Gasteiger partial charge in [0.05, 0.1) is 26.4 Å². The minimum atomic E-state index is -0.430. The molecule has 0 saturated carbocycles. The van der Waals surface area contributed by atoms with E-state index in [0.717, 1.165) is 18.4 Å². The molecule has 0 aliphatic carbocycles. The van der Waals surface area contributed by atoms with E-state index in [1.165, 1.54) is 27.1 Å². The SMILES string of the molecule is CCCCCCOC(=COc1ccc(C(=O)OC)cc1OC)c1ccccc1. The number of ether oxygens (including phenoxy) is 4. The fourth-order valence-corrected chi connectivity index (χ4v) is 2.63. The fourth-order valence-electron chi connectivity index (χ4n) is 2.63. The van der Waals surface area contributed by atoms with Crippen LogP contribution in [-0.2, 0) is 9.47 Å². The molecule has 0 N–H and O–H groups in total. The highest BCUT2D eigenvalue weighted by Crippen LogP contribution is 2.29. The van der Waals surface area contributed by atoms with Gasteiger partial charge in [0.15, 0.2) is 17.3 Å². The van der Waals surface area contributed by atoms with Crippen LogP contribution in [0.3, 0.4) is 0 Å². The number of unbranched alkanes of at least 4 members (excludes halogenated alkanes) is 3. The molecule has 5 heteroatoms. The van der Waals surface area contributed by atoms with E-state index in [9.17, 15) is 4.79 Å². The molecule has 0 fully saturated rings. The van der Waals surface area contributed by atoms with Crippen molar-refractivity contribution in [3.05, 3.63) is 65.9 Å². The lowest BCUT2D eigenvalue weighted by atomic mass is 10.2. The number of benzene rings is 2. The summed E-state index contributed by atoms with van der Waals surface area (Å²) in [7, 11) is 2.86. The van der Waals surface area contributed by atoms with Crippen LogP contribution in [0.1, 0.15) is 48.5 Å². The van der Waals surface area contributed by atoms with E-state index in [0.29, 0.717) is 29.4 Å². The Kier molecular flexibility index (Phi) is 8.92. The molecule has 28 heavy (non-hydrogen) atoms. The molecule has 0 saturated heterocycles. The molecule has 0 amide bonds. The molecule has 0 radical (unpaired) electrons. The molecule has 0 aliphatic rings. The molecule has 2 aromatic carbocycles. The third kappa shape index (κ3) is 6.34. The van der Waals surface area contributed by atoms with Crippen LogP contribution in [0.25, 0.3) is 5.76 Å². The van der Waals surface area contributed by atoms with E-state index in [4.69, 9.17) is 18.9 Å². The third-order valence-electron chi connectivity index (χ3n) is 4.19. The van der Waals surface area contributed by atoms with Crippen LogP contribution in [0, 0.1) is 0 Å². The molecule has 0 unspecified atom stereocenters. The first-order valence-corrected chi connectivity index (χ1v) is 9.51. The summed E-state index contributed by atoms with van der Waals surface area (Å²) < 4.78 is 21.9. The first-order valence-electron chi connectivity index (χ1n) is 9.51. The molecule has 150 valence electrons. The number of hydrogen-bond donors (Lipinski definition) is 0. The average molecular weight is 384 g/mol. The van der Waals surface area contributed by atoms with Crippen molar-refractivity contribution < 1.29 is 23.7 Å². The Hall–Kier alpha value is -2.95. The molecule has 2 rings (SSSR count). The Morgan fingerprint density at radius 3 is 2.39 bits per heavy atom. The average Bonchev–Trinajstić information content (AvgIpc) is 2.75. The van der Waals surface area contributed by atoms with Crippen molar-refractivity contribution in [2.45, 2.75) is 32.6 Å². The van der Waals surface area contributed by atoms with E-state index >= 15 is 0 Å². The van der Waals surface area contributed by atoms with E-state index in [1.807, 2.05) is 30.3 Å². The van der Waals surface area contributed by atoms with Gasteiger partial charge in [0, 0.05) is 5.56 Å². The second-order valence-corrected chi connectivity index (χ2v) is 6.23. The number of methoxy groups -OCH3 is 2. The van der Waals surface area contributed by atoms with Crippen molar-refractivity contribution in [2.75, 3.05) is 20.8 Å². The highest BCUT2D eigenvalue weighted by atomic mass is 16.5. The highest BCUT2D eigenvalue weighted by molar-refractivity contribution is 5.90. The molecular formula is C23H28O5. The minimum Gasteiger partial charge on any atom is -0.493 e. The first-order chi connectivity index (χ1) is 13.7. The van der Waals surface area contributed by atoms with Crippen LogP contribution in [0.15, 0.2) is 54.8 Å². The van der Waals surface area contributed by atoms with Crippen LogP contribution >= 0.6 is 0 Å². The topological polar surface area (TPSA) is 54.0 Å². The number of carbonyl (C=O) groups excluding carboxylic acids is 1. The Morgan fingerprint density at radius 1 is 0.929 bits per heavy atom. The second-order valence-electron chi connectivity index (χ2n) is 6.23. The standard InChI is InChI=1S/C23H28O5/c1-4-5-6-10-15-27-22(18-11-8-7-9-12-18)17-28-20-14-13-19(23(24)26-3)16-21(20)25-2/h7-9,11-14,16-17H,4-6,10,15H2,1-3H3. The predicted octanol–water partition coefficient (Wildman–Crippen LogP) is 5.46. The van der Waals surface area contributed by atoms with Gasteiger partial charge in [-0.15, -0.1) is 0 Å². The van der Waals surface area contributed by atoms with Gasteiger partial charge in [-0.25, -0.2) is 4.79 Å². The van der Waals surface area contributed by atoms with Crippen LogP contribution in [0.5, 0.6) is 11.5 Å². The van der Waals surface area contributed by atoms with Crippen molar-refractivity contribution in [3.63, 3.8) is 0 Å². The van der Waals surface area contributed by atoms with E-state index in [-0.39, 0.29) is 0 Å². The largest absolute Gasteiger partial charge is 0.493 e. The van der Waals surface area contributed by atoms with Crippen LogP contribution in [-0.4, -0.2) is 26.8 Å². The van der Waals surface area contributed by atoms with Gasteiger partial charge in [-0.1, -0.05) is 56.5 Å². The fraction of sp³-hybridized carbons (Fsp3) is 0.348. The molecule has 0 atom stereocenters. The second kappa shape index (κ2) is 11.7. The smallest absolute Gasteiger partial charge is 0.337 e. The predicted molar refractivity (Wildman–Crippen MR) is 109 cm³/mol. The Bertz CT molecular complexity index is 768. The molecular weight excluding hydrogens is 356 g/mol. The van der Waals surface area contributed by atoms with Gasteiger partial charge in [0.1, 0.15) is 6.26 Å². The lowest BCUT2D eigenvalue weighted by Gasteiger charge is -2.13. The van der Waals surface area contributed by atoms with Gasteiger partial charge in [0.2, 0.25) is 0 Å². The normalized spacial score (nSPS) is 11.0. The molecule has 0 heterocycles. The number of esters is 1. The number of carbonyl (C=O) groups is 1. The van der Waals surface area contributed by atoms with Crippen molar-refractivity contribution in [1.29, 1.82) is 0 Å². The van der Waals surface area contributed by atoms with Crippen LogP contribution in [0.4, 0.5) is 0 Å². The summed E-state index contributed by atoms with van der Waals surface area (Å²) in [5, 5.41) is 0.